The van der Waals surface area contributed by atoms with Crippen LogP contribution in [0, 0.1) is 5.92 Å². The maximum absolute atomic E-state index is 11.4. The predicted octanol–water partition coefficient (Wildman–Crippen LogP) is 3.63. The third kappa shape index (κ3) is 3.57. The topological polar surface area (TPSA) is 48.4 Å². The molecule has 2 rings (SSSR count). The second-order valence-electron chi connectivity index (χ2n) is 4.76. The summed E-state index contributed by atoms with van der Waals surface area (Å²) in [6.07, 6.45) is 1.73. The van der Waals surface area contributed by atoms with Crippen molar-refractivity contribution in [1.29, 1.82) is 0 Å². The highest BCUT2D eigenvalue weighted by molar-refractivity contribution is 7.16. The monoisotopic (exact) mass is 291 g/mol. The van der Waals surface area contributed by atoms with E-state index in [0.717, 1.165) is 15.6 Å². The minimum absolute atomic E-state index is 0.336. The lowest BCUT2D eigenvalue weighted by Crippen LogP contribution is -2.02. The number of hydrogen-bond donors (Lipinski definition) is 0. The van der Waals surface area contributed by atoms with Gasteiger partial charge in [0.05, 0.1) is 25.5 Å². The average Bonchev–Trinajstić information content (AvgIpc) is 2.93. The molecule has 0 spiro atoms. The van der Waals surface area contributed by atoms with Crippen LogP contribution in [0.3, 0.4) is 0 Å². The minimum Gasteiger partial charge on any atom is -0.482 e. The third-order valence-corrected chi connectivity index (χ3v) is 3.56. The minimum atomic E-state index is -0.336. The second kappa shape index (κ2) is 6.52. The van der Waals surface area contributed by atoms with E-state index in [1.165, 1.54) is 18.4 Å². The third-order valence-electron chi connectivity index (χ3n) is 2.60. The number of aromatic nitrogens is 1. The Hall–Kier alpha value is -1.88. The Labute approximate surface area is 122 Å². The lowest BCUT2D eigenvalue weighted by molar-refractivity contribution is 0.0601. The zero-order valence-electron chi connectivity index (χ0n) is 11.8. The molecular formula is C15H17NO3S. The number of nitrogens with zero attached hydrogens (tertiary/aromatic N) is 1. The summed E-state index contributed by atoms with van der Waals surface area (Å²) in [6.45, 7) is 4.89. The molecule has 0 radical (unpaired) electrons. The molecular weight excluding hydrogens is 274 g/mol. The van der Waals surface area contributed by atoms with E-state index in [1.807, 2.05) is 12.1 Å². The molecule has 106 valence electrons. The summed E-state index contributed by atoms with van der Waals surface area (Å²) in [5, 5.41) is 1.69. The van der Waals surface area contributed by atoms with E-state index in [4.69, 9.17) is 4.74 Å². The molecule has 1 heterocycles. The summed E-state index contributed by atoms with van der Waals surface area (Å²) in [4.78, 5) is 15.7. The molecule has 4 nitrogen and oxygen atoms in total. The van der Waals surface area contributed by atoms with E-state index in [1.54, 1.807) is 18.3 Å². The number of benzene rings is 1. The fraction of sp³-hybridized carbons (Fsp3) is 0.333. The Morgan fingerprint density at radius 1 is 1.30 bits per heavy atom. The van der Waals surface area contributed by atoms with Gasteiger partial charge in [0.25, 0.3) is 0 Å². The van der Waals surface area contributed by atoms with Crippen LogP contribution in [-0.4, -0.2) is 24.7 Å². The molecule has 0 amide bonds. The molecule has 0 aliphatic rings. The van der Waals surface area contributed by atoms with E-state index < -0.39 is 0 Å². The van der Waals surface area contributed by atoms with Gasteiger partial charge in [-0.15, -0.1) is 0 Å². The van der Waals surface area contributed by atoms with Crippen molar-refractivity contribution in [2.75, 3.05) is 13.7 Å². The van der Waals surface area contributed by atoms with Crippen LogP contribution >= 0.6 is 11.3 Å². The van der Waals surface area contributed by atoms with Crippen LogP contribution in [-0.2, 0) is 4.74 Å². The van der Waals surface area contributed by atoms with Gasteiger partial charge >= 0.3 is 5.97 Å². The molecule has 0 aliphatic heterocycles. The summed E-state index contributed by atoms with van der Waals surface area (Å²) in [6, 6.07) is 7.18. The maximum Gasteiger partial charge on any atom is 0.337 e. The smallest absolute Gasteiger partial charge is 0.337 e. The summed E-state index contributed by atoms with van der Waals surface area (Å²) >= 11 is 1.50. The summed E-state index contributed by atoms with van der Waals surface area (Å²) in [7, 11) is 1.37. The highest BCUT2D eigenvalue weighted by Gasteiger charge is 2.09. The molecule has 0 fully saturated rings. The van der Waals surface area contributed by atoms with Crippen LogP contribution in [0.1, 0.15) is 24.2 Å². The van der Waals surface area contributed by atoms with Crippen molar-refractivity contribution >= 4 is 17.3 Å². The zero-order valence-corrected chi connectivity index (χ0v) is 12.6. The summed E-state index contributed by atoms with van der Waals surface area (Å²) in [5.41, 5.74) is 1.49. The van der Waals surface area contributed by atoms with Gasteiger partial charge in [-0.05, 0) is 18.1 Å². The number of esters is 1. The van der Waals surface area contributed by atoms with Gasteiger partial charge in [-0.2, -0.15) is 0 Å². The van der Waals surface area contributed by atoms with Gasteiger partial charge in [0, 0.05) is 5.56 Å². The molecule has 1 aromatic carbocycles. The highest BCUT2D eigenvalue weighted by Crippen LogP contribution is 2.30. The van der Waals surface area contributed by atoms with Gasteiger partial charge in [-0.1, -0.05) is 37.3 Å². The van der Waals surface area contributed by atoms with E-state index >= 15 is 0 Å². The number of thiazole rings is 1. The zero-order chi connectivity index (χ0) is 14.5. The molecule has 1 aromatic heterocycles. The van der Waals surface area contributed by atoms with Crippen LogP contribution in [0.15, 0.2) is 30.5 Å². The first-order valence-electron chi connectivity index (χ1n) is 6.37. The first kappa shape index (κ1) is 14.5. The molecule has 0 saturated carbocycles. The van der Waals surface area contributed by atoms with Gasteiger partial charge in [0.1, 0.15) is 5.01 Å². The number of carbonyl (C=O) groups excluding carboxylic acids is 1. The lowest BCUT2D eigenvalue weighted by Gasteiger charge is -2.04. The molecule has 2 aromatic rings. The summed E-state index contributed by atoms with van der Waals surface area (Å²) < 4.78 is 10.3. The van der Waals surface area contributed by atoms with Gasteiger partial charge in [-0.3, -0.25) is 0 Å². The SMILES string of the molecule is COC(=O)c1ccc(-c2ncc(OCC(C)C)s2)cc1. The molecule has 0 aliphatic carbocycles. The van der Waals surface area contributed by atoms with Crippen molar-refractivity contribution in [3.8, 4) is 15.6 Å². The molecule has 0 bridgehead atoms. The maximum atomic E-state index is 11.4. The fourth-order valence-corrected chi connectivity index (χ4v) is 2.36. The Kier molecular flexibility index (Phi) is 4.74. The highest BCUT2D eigenvalue weighted by atomic mass is 32.1. The van der Waals surface area contributed by atoms with Crippen molar-refractivity contribution in [2.24, 2.45) is 5.92 Å². The average molecular weight is 291 g/mol. The fourth-order valence-electron chi connectivity index (χ4n) is 1.58. The quantitative estimate of drug-likeness (QED) is 0.789. The van der Waals surface area contributed by atoms with Crippen molar-refractivity contribution in [3.63, 3.8) is 0 Å². The van der Waals surface area contributed by atoms with Crippen molar-refractivity contribution in [2.45, 2.75) is 13.8 Å². The molecule has 0 atom stereocenters. The van der Waals surface area contributed by atoms with Crippen molar-refractivity contribution < 1.29 is 14.3 Å². The van der Waals surface area contributed by atoms with Gasteiger partial charge < -0.3 is 9.47 Å². The van der Waals surface area contributed by atoms with Crippen LogP contribution in [0.4, 0.5) is 0 Å². The first-order chi connectivity index (χ1) is 9.60. The number of rotatable bonds is 5. The second-order valence-corrected chi connectivity index (χ2v) is 5.75. The number of carbonyl (C=O) groups is 1. The molecule has 0 N–H and O–H groups in total. The van der Waals surface area contributed by atoms with Gasteiger partial charge in [0.2, 0.25) is 0 Å². The van der Waals surface area contributed by atoms with Crippen molar-refractivity contribution in [1.82, 2.24) is 4.98 Å². The molecule has 20 heavy (non-hydrogen) atoms. The van der Waals surface area contributed by atoms with Crippen LogP contribution in [0.25, 0.3) is 10.6 Å². The largest absolute Gasteiger partial charge is 0.482 e. The van der Waals surface area contributed by atoms with Gasteiger partial charge in [0.15, 0.2) is 5.06 Å². The van der Waals surface area contributed by atoms with E-state index in [2.05, 4.69) is 23.6 Å². The van der Waals surface area contributed by atoms with E-state index in [0.29, 0.717) is 18.1 Å². The van der Waals surface area contributed by atoms with E-state index in [-0.39, 0.29) is 5.97 Å². The lowest BCUT2D eigenvalue weighted by atomic mass is 10.1. The summed E-state index contributed by atoms with van der Waals surface area (Å²) in [5.74, 6) is 0.150. The Balaban J connectivity index is 2.10. The van der Waals surface area contributed by atoms with Crippen LogP contribution in [0.2, 0.25) is 0 Å². The van der Waals surface area contributed by atoms with E-state index in [9.17, 15) is 4.79 Å². The molecule has 0 saturated heterocycles. The van der Waals surface area contributed by atoms with Crippen molar-refractivity contribution in [3.05, 3.63) is 36.0 Å². The normalized spacial score (nSPS) is 10.6. The van der Waals surface area contributed by atoms with Crippen LogP contribution < -0.4 is 4.74 Å². The molecule has 5 heteroatoms. The first-order valence-corrected chi connectivity index (χ1v) is 7.19. The van der Waals surface area contributed by atoms with Gasteiger partial charge in [-0.25, -0.2) is 9.78 Å². The van der Waals surface area contributed by atoms with Crippen LogP contribution in [0.5, 0.6) is 5.06 Å². The predicted molar refractivity (Wildman–Crippen MR) is 79.2 cm³/mol. The number of methoxy groups -OCH3 is 1. The Morgan fingerprint density at radius 2 is 2.00 bits per heavy atom. The molecule has 0 unspecified atom stereocenters. The number of ether oxygens (including phenoxy) is 2. The number of hydrogen-bond acceptors (Lipinski definition) is 5. The Bertz CT molecular complexity index is 575. The standard InChI is InChI=1S/C15H17NO3S/c1-10(2)9-19-13-8-16-14(20-13)11-4-6-12(7-5-11)15(17)18-3/h4-8,10H,9H2,1-3H3. The Morgan fingerprint density at radius 3 is 2.60 bits per heavy atom.